The van der Waals surface area contributed by atoms with Crippen molar-refractivity contribution >= 4 is 23.8 Å². The minimum Gasteiger partial charge on any atom is -0.453 e. The van der Waals surface area contributed by atoms with E-state index in [1.807, 2.05) is 54.6 Å². The lowest BCUT2D eigenvalue weighted by Gasteiger charge is -2.28. The second kappa shape index (κ2) is 15.2. The van der Waals surface area contributed by atoms with Gasteiger partial charge in [0.2, 0.25) is 0 Å². The molecule has 53 heavy (non-hydrogen) atoms. The molecule has 7 rings (SSSR count). The van der Waals surface area contributed by atoms with E-state index in [0.717, 1.165) is 59.3 Å². The zero-order valence-electron chi connectivity index (χ0n) is 29.9. The number of aromatic nitrogens is 4. The van der Waals surface area contributed by atoms with Crippen molar-refractivity contribution in [2.24, 2.45) is 0 Å². The van der Waals surface area contributed by atoms with E-state index in [-0.39, 0.29) is 18.0 Å². The van der Waals surface area contributed by atoms with Crippen LogP contribution in [0.4, 0.5) is 4.79 Å². The molecular formula is C40H42N8O5. The van der Waals surface area contributed by atoms with Crippen LogP contribution in [-0.4, -0.2) is 92.7 Å². The number of benzene rings is 3. The first kappa shape index (κ1) is 35.2. The summed E-state index contributed by atoms with van der Waals surface area (Å²) in [6, 6.07) is 24.2. The van der Waals surface area contributed by atoms with Crippen LogP contribution < -0.4 is 5.32 Å². The number of nitrogens with zero attached hydrogens (tertiary/aromatic N) is 5. The van der Waals surface area contributed by atoms with Crippen LogP contribution in [0.2, 0.25) is 0 Å². The summed E-state index contributed by atoms with van der Waals surface area (Å²) in [5.41, 5.74) is 6.39. The van der Waals surface area contributed by atoms with E-state index in [1.165, 1.54) is 12.0 Å². The van der Waals surface area contributed by atoms with E-state index < -0.39 is 23.9 Å². The van der Waals surface area contributed by atoms with Crippen LogP contribution in [0, 0.1) is 0 Å². The topological polar surface area (TPSA) is 157 Å². The van der Waals surface area contributed by atoms with Gasteiger partial charge in [0.15, 0.2) is 0 Å². The quantitative estimate of drug-likeness (QED) is 0.176. The van der Waals surface area contributed by atoms with E-state index in [9.17, 15) is 19.2 Å². The van der Waals surface area contributed by atoms with Gasteiger partial charge in [-0.1, -0.05) is 78.9 Å². The Hall–Kier alpha value is -6.24. The van der Waals surface area contributed by atoms with Crippen molar-refractivity contribution in [1.29, 1.82) is 0 Å². The zero-order chi connectivity index (χ0) is 37.1. The average Bonchev–Trinajstić information content (AvgIpc) is 4.03. The highest BCUT2D eigenvalue weighted by Gasteiger charge is 2.38. The van der Waals surface area contributed by atoms with Gasteiger partial charge in [-0.3, -0.25) is 14.4 Å². The van der Waals surface area contributed by atoms with Gasteiger partial charge in [0.05, 0.1) is 43.0 Å². The molecule has 0 radical (unpaired) electrons. The smallest absolute Gasteiger partial charge is 0.407 e. The van der Waals surface area contributed by atoms with Crippen LogP contribution in [0.25, 0.3) is 33.6 Å². The van der Waals surface area contributed by atoms with Crippen molar-refractivity contribution in [3.63, 3.8) is 0 Å². The van der Waals surface area contributed by atoms with Gasteiger partial charge in [0.25, 0.3) is 5.91 Å². The molecule has 0 bridgehead atoms. The van der Waals surface area contributed by atoms with Gasteiger partial charge < -0.3 is 34.7 Å². The molecule has 4 amide bonds. The Morgan fingerprint density at radius 3 is 1.74 bits per heavy atom. The molecule has 0 spiro atoms. The number of imidazole rings is 2. The van der Waals surface area contributed by atoms with Gasteiger partial charge in [0, 0.05) is 27.2 Å². The number of aromatic amines is 2. The first-order chi connectivity index (χ1) is 25.7. The predicted molar refractivity (Wildman–Crippen MR) is 198 cm³/mol. The number of ether oxygens (including phenoxy) is 1. The number of amides is 4. The summed E-state index contributed by atoms with van der Waals surface area (Å²) in [7, 11) is 4.44. The average molecular weight is 715 g/mol. The third-order valence-corrected chi connectivity index (χ3v) is 10.0. The standard InChI is InChI=1S/C40H42N8O5/c1-46(2)38(50)39(51)48-22-8-12-33(48)36-42-24-31(44-36)28-19-15-26(16-20-28)25-13-17-27(18-14-25)30-23-41-35(43-30)32-11-7-21-47(32)37(49)34(45-40(52)53-3)29-9-5-4-6-10-29/h4-6,9-10,13-20,23-24,32-34H,7-8,11-12,21-22H2,1-3H3,(H,41,43)(H,42,44)(H,45,52)/t32-,33-,34+/m0/s1. The summed E-state index contributed by atoms with van der Waals surface area (Å²) in [6.07, 6.45) is 6.03. The Kier molecular flexibility index (Phi) is 10.1. The fourth-order valence-corrected chi connectivity index (χ4v) is 7.19. The van der Waals surface area contributed by atoms with Crippen LogP contribution in [0.3, 0.4) is 0 Å². The summed E-state index contributed by atoms with van der Waals surface area (Å²) >= 11 is 0. The Morgan fingerprint density at radius 1 is 0.736 bits per heavy atom. The van der Waals surface area contributed by atoms with Crippen molar-refractivity contribution in [3.8, 4) is 33.6 Å². The summed E-state index contributed by atoms with van der Waals surface area (Å²) in [5, 5.41) is 2.71. The molecule has 0 saturated carbocycles. The molecule has 3 aromatic carbocycles. The minimum absolute atomic E-state index is 0.212. The van der Waals surface area contributed by atoms with Crippen LogP contribution in [0.5, 0.6) is 0 Å². The van der Waals surface area contributed by atoms with Crippen molar-refractivity contribution in [1.82, 2.24) is 40.0 Å². The first-order valence-corrected chi connectivity index (χ1v) is 17.7. The van der Waals surface area contributed by atoms with Crippen molar-refractivity contribution in [2.45, 2.75) is 43.8 Å². The van der Waals surface area contributed by atoms with E-state index in [1.54, 1.807) is 36.3 Å². The van der Waals surface area contributed by atoms with E-state index in [2.05, 4.69) is 49.5 Å². The Balaban J connectivity index is 1.02. The highest BCUT2D eigenvalue weighted by molar-refractivity contribution is 6.34. The monoisotopic (exact) mass is 714 g/mol. The summed E-state index contributed by atoms with van der Waals surface area (Å²) in [4.78, 5) is 71.9. The molecule has 2 saturated heterocycles. The molecule has 2 fully saturated rings. The number of hydrogen-bond acceptors (Lipinski definition) is 7. The van der Waals surface area contributed by atoms with Crippen molar-refractivity contribution in [2.75, 3.05) is 34.3 Å². The van der Waals surface area contributed by atoms with E-state index in [4.69, 9.17) is 4.74 Å². The Bertz CT molecular complexity index is 2090. The maximum absolute atomic E-state index is 13.8. The van der Waals surface area contributed by atoms with Crippen molar-refractivity contribution in [3.05, 3.63) is 108 Å². The Morgan fingerprint density at radius 2 is 1.23 bits per heavy atom. The largest absolute Gasteiger partial charge is 0.453 e. The van der Waals surface area contributed by atoms with Gasteiger partial charge in [-0.15, -0.1) is 0 Å². The molecule has 0 unspecified atom stereocenters. The molecule has 4 heterocycles. The van der Waals surface area contributed by atoms with Gasteiger partial charge in [-0.05, 0) is 53.5 Å². The first-order valence-electron chi connectivity index (χ1n) is 17.7. The SMILES string of the molecule is COC(=O)N[C@@H](C(=O)N1CCC[C@H]1c1ncc(-c2ccc(-c3ccc(-c4cnc([C@@H]5CCCN5C(=O)C(=O)N(C)C)[nH]4)cc3)cc2)[nH]1)c1ccccc1. The molecule has 3 N–H and O–H groups in total. The second-order valence-corrected chi connectivity index (χ2v) is 13.5. The summed E-state index contributed by atoms with van der Waals surface area (Å²) in [5.74, 6) is 0.131. The number of carbonyl (C=O) groups is 4. The molecule has 5 aromatic rings. The lowest BCUT2D eigenvalue weighted by molar-refractivity contribution is -0.151. The number of methoxy groups -OCH3 is 1. The molecule has 3 atom stereocenters. The second-order valence-electron chi connectivity index (χ2n) is 13.5. The molecule has 2 aliphatic heterocycles. The fourth-order valence-electron chi connectivity index (χ4n) is 7.19. The molecule has 2 aromatic heterocycles. The lowest BCUT2D eigenvalue weighted by Crippen LogP contribution is -2.42. The normalized spacial score (nSPS) is 17.4. The number of likely N-dealkylation sites (N-methyl/N-ethyl adjacent to an activating group) is 1. The number of carbonyl (C=O) groups excluding carboxylic acids is 4. The molecule has 13 heteroatoms. The summed E-state index contributed by atoms with van der Waals surface area (Å²) < 4.78 is 4.81. The predicted octanol–water partition coefficient (Wildman–Crippen LogP) is 5.65. The molecule has 0 aliphatic carbocycles. The van der Waals surface area contributed by atoms with Gasteiger partial charge in [-0.2, -0.15) is 0 Å². The van der Waals surface area contributed by atoms with Gasteiger partial charge in [0.1, 0.15) is 17.7 Å². The minimum atomic E-state index is -0.877. The maximum Gasteiger partial charge on any atom is 0.407 e. The van der Waals surface area contributed by atoms with Crippen molar-refractivity contribution < 1.29 is 23.9 Å². The zero-order valence-corrected chi connectivity index (χ0v) is 29.9. The molecule has 272 valence electrons. The third-order valence-electron chi connectivity index (χ3n) is 10.0. The van der Waals surface area contributed by atoms with E-state index >= 15 is 0 Å². The molecule has 13 nitrogen and oxygen atoms in total. The van der Waals surface area contributed by atoms with Crippen LogP contribution in [0.15, 0.2) is 91.3 Å². The third kappa shape index (κ3) is 7.27. The number of hydrogen-bond donors (Lipinski definition) is 3. The molecular weight excluding hydrogens is 672 g/mol. The number of H-pyrrole nitrogens is 2. The van der Waals surface area contributed by atoms with Gasteiger partial charge in [-0.25, -0.2) is 14.8 Å². The number of rotatable bonds is 8. The highest BCUT2D eigenvalue weighted by atomic mass is 16.5. The molecule has 2 aliphatic rings. The maximum atomic E-state index is 13.8. The highest BCUT2D eigenvalue weighted by Crippen LogP contribution is 2.35. The fraction of sp³-hybridized carbons (Fsp3) is 0.300. The van der Waals surface area contributed by atoms with Crippen LogP contribution in [-0.2, 0) is 19.1 Å². The lowest BCUT2D eigenvalue weighted by atomic mass is 10.0. The number of alkyl carbamates (subject to hydrolysis) is 1. The summed E-state index contributed by atoms with van der Waals surface area (Å²) in [6.45, 7) is 1.08. The Labute approximate surface area is 307 Å². The van der Waals surface area contributed by atoms with E-state index in [0.29, 0.717) is 30.3 Å². The van der Waals surface area contributed by atoms with Crippen LogP contribution in [0.1, 0.15) is 61.0 Å². The van der Waals surface area contributed by atoms with Crippen LogP contribution >= 0.6 is 0 Å². The number of likely N-dealkylation sites (tertiary alicyclic amines) is 2. The number of nitrogens with one attached hydrogen (secondary N) is 3. The van der Waals surface area contributed by atoms with Gasteiger partial charge >= 0.3 is 17.9 Å².